The number of phenolic OH excluding ortho intramolecular Hbond substituents is 2. The van der Waals surface area contributed by atoms with E-state index in [2.05, 4.69) is 13.8 Å². The van der Waals surface area contributed by atoms with Crippen LogP contribution in [0.5, 0.6) is 23.0 Å². The Bertz CT molecular complexity index is 1830. The molecule has 2 aliphatic rings. The van der Waals surface area contributed by atoms with Crippen molar-refractivity contribution in [1.29, 1.82) is 0 Å². The molecule has 10 atom stereocenters. The highest BCUT2D eigenvalue weighted by Crippen LogP contribution is 2.33. The van der Waals surface area contributed by atoms with Gasteiger partial charge in [0.15, 0.2) is 12.6 Å². The van der Waals surface area contributed by atoms with Crippen LogP contribution in [0, 0.1) is 13.8 Å². The van der Waals surface area contributed by atoms with E-state index in [0.717, 1.165) is 38.5 Å². The lowest BCUT2D eigenvalue weighted by Gasteiger charge is -2.44. The Balaban J connectivity index is 1.14. The Morgan fingerprint density at radius 1 is 0.395 bits per heavy atom. The predicted molar refractivity (Wildman–Crippen MR) is 311 cm³/mol. The zero-order chi connectivity index (χ0) is 58.8. The molecule has 0 spiro atoms. The third-order valence-electron chi connectivity index (χ3n) is 15.9. The molecule has 2 aromatic rings. The molecule has 0 unspecified atom stereocenters. The van der Waals surface area contributed by atoms with Crippen LogP contribution in [-0.4, -0.2) is 141 Å². The van der Waals surface area contributed by atoms with Gasteiger partial charge in [-0.15, -0.1) is 0 Å². The summed E-state index contributed by atoms with van der Waals surface area (Å²) in [7, 11) is 0. The number of ether oxygens (including phenoxy) is 7. The smallest absolute Gasteiger partial charge is 0.342 e. The van der Waals surface area contributed by atoms with Crippen molar-refractivity contribution in [3.63, 3.8) is 0 Å². The van der Waals surface area contributed by atoms with E-state index in [0.29, 0.717) is 35.8 Å². The van der Waals surface area contributed by atoms with Gasteiger partial charge in [0, 0.05) is 12.1 Å². The number of hydrogen-bond donors (Lipinski definition) is 8. The first-order chi connectivity index (χ1) is 39.2. The van der Waals surface area contributed by atoms with Gasteiger partial charge in [-0.1, -0.05) is 206 Å². The first kappa shape index (κ1) is 69.7. The van der Waals surface area contributed by atoms with Gasteiger partial charge in [0.2, 0.25) is 0 Å². The van der Waals surface area contributed by atoms with E-state index >= 15 is 0 Å². The second-order valence-corrected chi connectivity index (χ2v) is 22.9. The molecule has 0 radical (unpaired) electrons. The van der Waals surface area contributed by atoms with Crippen molar-refractivity contribution in [2.75, 3.05) is 26.4 Å². The number of carbonyl (C=O) groups is 2. The maximum absolute atomic E-state index is 13.3. The number of hydrogen-bond acceptors (Lipinski definition) is 17. The molecule has 81 heavy (non-hydrogen) atoms. The molecule has 0 aromatic heterocycles. The van der Waals surface area contributed by atoms with Gasteiger partial charge in [-0.3, -0.25) is 0 Å². The van der Waals surface area contributed by atoms with Gasteiger partial charge in [0.25, 0.3) is 0 Å². The van der Waals surface area contributed by atoms with E-state index in [1.54, 1.807) is 26.0 Å². The van der Waals surface area contributed by atoms with Crippen molar-refractivity contribution < 1.29 is 83.6 Å². The summed E-state index contributed by atoms with van der Waals surface area (Å²) in [6, 6.07) is 5.85. The van der Waals surface area contributed by atoms with Crippen molar-refractivity contribution in [3.05, 3.63) is 46.5 Å². The zero-order valence-corrected chi connectivity index (χ0v) is 49.8. The minimum absolute atomic E-state index is 0.159. The Hall–Kier alpha value is -3.78. The summed E-state index contributed by atoms with van der Waals surface area (Å²) in [5, 5.41) is 86.5. The number of unbranched alkanes of at least 4 members (excludes halogenated alkanes) is 30. The third kappa shape index (κ3) is 25.5. The molecule has 2 aliphatic heterocycles. The number of rotatable bonds is 44. The maximum Gasteiger partial charge on any atom is 0.342 e. The van der Waals surface area contributed by atoms with Crippen LogP contribution in [0.3, 0.4) is 0 Å². The fourth-order valence-electron chi connectivity index (χ4n) is 10.8. The number of aryl methyl sites for hydroxylation is 2. The number of carbonyl (C=O) groups excluding carboxylic acids is 2. The zero-order valence-electron chi connectivity index (χ0n) is 49.8. The second-order valence-electron chi connectivity index (χ2n) is 22.9. The number of benzene rings is 2. The minimum atomic E-state index is -1.95. The topological polar surface area (TPSA) is 261 Å². The molecule has 464 valence electrons. The lowest BCUT2D eigenvalue weighted by Crippen LogP contribution is -2.64. The van der Waals surface area contributed by atoms with Gasteiger partial charge in [-0.2, -0.15) is 0 Å². The van der Waals surface area contributed by atoms with E-state index in [-0.39, 0.29) is 11.1 Å². The minimum Gasteiger partial charge on any atom is -0.507 e. The summed E-state index contributed by atoms with van der Waals surface area (Å²) in [5.41, 5.74) is 0.403. The van der Waals surface area contributed by atoms with Gasteiger partial charge in [-0.05, 0) is 49.9 Å². The highest BCUT2D eigenvalue weighted by atomic mass is 16.8. The molecule has 4 rings (SSSR count). The number of aliphatic hydroxyl groups excluding tert-OH is 6. The van der Waals surface area contributed by atoms with Crippen LogP contribution >= 0.6 is 0 Å². The molecule has 2 heterocycles. The molecule has 8 N–H and O–H groups in total. The summed E-state index contributed by atoms with van der Waals surface area (Å²) in [6.07, 6.45) is 22.3. The van der Waals surface area contributed by atoms with E-state index < -0.39 is 98.1 Å². The summed E-state index contributed by atoms with van der Waals surface area (Å²) in [6.45, 7) is 7.22. The van der Waals surface area contributed by atoms with Crippen LogP contribution in [-0.2, 0) is 23.7 Å². The average Bonchev–Trinajstić information content (AvgIpc) is 3.47. The largest absolute Gasteiger partial charge is 0.507 e. The van der Waals surface area contributed by atoms with Crippen molar-refractivity contribution >= 4 is 11.9 Å². The van der Waals surface area contributed by atoms with Crippen LogP contribution in [0.1, 0.15) is 251 Å². The van der Waals surface area contributed by atoms with E-state index in [1.807, 2.05) is 0 Å². The van der Waals surface area contributed by atoms with Gasteiger partial charge in [0.1, 0.15) is 96.2 Å². The first-order valence-electron chi connectivity index (χ1n) is 31.5. The van der Waals surface area contributed by atoms with Crippen LogP contribution in [0.15, 0.2) is 24.3 Å². The number of aliphatic hydroxyl groups is 6. The summed E-state index contributed by atoms with van der Waals surface area (Å²) < 4.78 is 39.6. The van der Waals surface area contributed by atoms with Gasteiger partial charge < -0.3 is 74.0 Å². The third-order valence-corrected chi connectivity index (χ3v) is 15.9. The molecule has 17 nitrogen and oxygen atoms in total. The molecule has 0 bridgehead atoms. The van der Waals surface area contributed by atoms with Crippen LogP contribution in [0.4, 0.5) is 0 Å². The molecule has 0 aliphatic carbocycles. The Morgan fingerprint density at radius 2 is 0.667 bits per heavy atom. The van der Waals surface area contributed by atoms with E-state index in [9.17, 15) is 50.4 Å². The Kier molecular flexibility index (Phi) is 34.8. The highest BCUT2D eigenvalue weighted by molar-refractivity contribution is 5.95. The lowest BCUT2D eigenvalue weighted by atomic mass is 9.98. The fourth-order valence-corrected chi connectivity index (χ4v) is 10.8. The predicted octanol–water partition coefficient (Wildman–Crippen LogP) is 11.6. The molecule has 2 saturated heterocycles. The van der Waals surface area contributed by atoms with E-state index in [4.69, 9.17) is 33.2 Å². The fraction of sp³-hybridized carbons (Fsp3) is 0.781. The van der Waals surface area contributed by atoms with Crippen molar-refractivity contribution in [3.8, 4) is 23.0 Å². The summed E-state index contributed by atoms with van der Waals surface area (Å²) in [5.74, 6) is -1.96. The highest BCUT2D eigenvalue weighted by Gasteiger charge is 2.50. The molecular formula is C64H106O17. The molecule has 0 saturated carbocycles. The van der Waals surface area contributed by atoms with Gasteiger partial charge in [-0.25, -0.2) is 9.59 Å². The second kappa shape index (κ2) is 40.5. The van der Waals surface area contributed by atoms with Crippen LogP contribution in [0.2, 0.25) is 0 Å². The van der Waals surface area contributed by atoms with Crippen molar-refractivity contribution in [2.24, 2.45) is 0 Å². The Morgan fingerprint density at radius 3 is 0.938 bits per heavy atom. The monoisotopic (exact) mass is 1150 g/mol. The first-order valence-corrected chi connectivity index (χ1v) is 31.5. The van der Waals surface area contributed by atoms with Crippen molar-refractivity contribution in [1.82, 2.24) is 0 Å². The van der Waals surface area contributed by atoms with Crippen molar-refractivity contribution in [2.45, 2.75) is 295 Å². The summed E-state index contributed by atoms with van der Waals surface area (Å²) in [4.78, 5) is 26.6. The standard InChI is InChI=1S/C64H106O17/c1-5-7-9-11-13-15-17-19-21-23-25-27-29-31-33-35-37-75-47-39-45(3)53(49(65)41-47)61(73)77-43-51-55(67)57(69)59(71)63(79-51)81-64-60(72)58(70)56(68)52(80-64)44-78-62(74)54-46(4)40-48(42-50(54)66)76-38-36-34-32-30-28-26-24-22-20-18-16-14-12-10-8-6-2/h39-42,51-52,55-60,63-72H,5-38,43-44H2,1-4H3/t51-,52-,55-,56-,57+,58+,59-,60-,63-,64-/m1/s1. The van der Waals surface area contributed by atoms with Gasteiger partial charge in [0.05, 0.1) is 13.2 Å². The molecule has 2 aromatic carbocycles. The normalized spacial score (nSPS) is 22.9. The molecule has 17 heteroatoms. The number of aromatic hydroxyl groups is 2. The summed E-state index contributed by atoms with van der Waals surface area (Å²) >= 11 is 0. The maximum atomic E-state index is 13.3. The lowest BCUT2D eigenvalue weighted by molar-refractivity contribution is -0.376. The SMILES string of the molecule is CCCCCCCCCCCCCCCCCCOc1cc(C)c(C(=O)OC[C@H]2O[C@H](O[C@H]3O[C@H](COC(=O)c4c(C)cc(OCCCCCCCCCCCCCCCCCC)cc4O)[C@@H](O)[C@H](O)[C@H]3O)[C@H](O)[C@@H](O)[C@@H]2O)c(O)c1. The number of esters is 2. The number of phenols is 2. The van der Waals surface area contributed by atoms with E-state index in [1.165, 1.54) is 179 Å². The molecular weight excluding hydrogens is 1040 g/mol. The molecule has 0 amide bonds. The van der Waals surface area contributed by atoms with Crippen LogP contribution in [0.25, 0.3) is 0 Å². The van der Waals surface area contributed by atoms with Crippen LogP contribution < -0.4 is 9.47 Å². The molecule has 2 fully saturated rings. The quantitative estimate of drug-likeness (QED) is 0.0227. The Labute approximate surface area is 484 Å². The van der Waals surface area contributed by atoms with Gasteiger partial charge >= 0.3 is 11.9 Å². The average molecular weight is 1150 g/mol.